The van der Waals surface area contributed by atoms with Crippen LogP contribution in [0.1, 0.15) is 13.3 Å². The Bertz CT molecular complexity index is 1180. The fourth-order valence-corrected chi connectivity index (χ4v) is 4.12. The van der Waals surface area contributed by atoms with Gasteiger partial charge in [0.05, 0.1) is 36.3 Å². The van der Waals surface area contributed by atoms with Crippen molar-refractivity contribution in [2.45, 2.75) is 18.2 Å². The molecular formula is C21H23N5O5S2. The molecule has 3 rings (SSSR count). The molecule has 1 unspecified atom stereocenters. The number of aromatic nitrogens is 2. The minimum atomic E-state index is -2.25. The average Bonchev–Trinajstić information content (AvgIpc) is 3.34. The maximum Gasteiger partial charge on any atom is 0.441 e. The van der Waals surface area contributed by atoms with Gasteiger partial charge in [-0.15, -0.1) is 15.7 Å². The van der Waals surface area contributed by atoms with Crippen LogP contribution in [0.4, 0.5) is 22.2 Å². The summed E-state index contributed by atoms with van der Waals surface area (Å²) in [5.74, 6) is 0.594. The van der Waals surface area contributed by atoms with E-state index in [4.69, 9.17) is 0 Å². The van der Waals surface area contributed by atoms with Crippen molar-refractivity contribution in [3.8, 4) is 10.4 Å². The van der Waals surface area contributed by atoms with Crippen LogP contribution in [0.5, 0.6) is 0 Å². The van der Waals surface area contributed by atoms with Crippen LogP contribution >= 0.6 is 11.3 Å². The second-order valence-electron chi connectivity index (χ2n) is 6.43. The first-order valence-electron chi connectivity index (χ1n) is 9.94. The van der Waals surface area contributed by atoms with Crippen LogP contribution < -0.4 is 10.6 Å². The monoisotopic (exact) mass is 489 g/mol. The van der Waals surface area contributed by atoms with Crippen molar-refractivity contribution in [2.24, 2.45) is 4.36 Å². The molecule has 174 valence electrons. The molecule has 10 nitrogen and oxygen atoms in total. The zero-order valence-corrected chi connectivity index (χ0v) is 19.7. The third-order valence-corrected chi connectivity index (χ3v) is 6.20. The number of hydrogen-bond donors (Lipinski definition) is 3. The molecule has 0 aliphatic rings. The number of ether oxygens (including phenoxy) is 2. The largest absolute Gasteiger partial charge is 0.469 e. The molecule has 1 atom stereocenters. The van der Waals surface area contributed by atoms with E-state index < -0.39 is 16.7 Å². The Hall–Kier alpha value is -3.51. The van der Waals surface area contributed by atoms with Crippen molar-refractivity contribution >= 4 is 51.4 Å². The van der Waals surface area contributed by atoms with Crippen molar-refractivity contribution < 1.29 is 23.3 Å². The predicted octanol–water partition coefficient (Wildman–Crippen LogP) is 4.10. The van der Waals surface area contributed by atoms with Crippen LogP contribution in [0, 0.1) is 0 Å². The minimum absolute atomic E-state index is 0.166. The van der Waals surface area contributed by atoms with Gasteiger partial charge in [0, 0.05) is 28.2 Å². The number of methoxy groups -OCH3 is 1. The molecule has 0 spiro atoms. The number of thiol groups is 1. The molecule has 2 N–H and O–H groups in total. The van der Waals surface area contributed by atoms with Gasteiger partial charge < -0.3 is 20.1 Å². The molecule has 0 fully saturated rings. The standard InChI is InChI=1S/C21H23N5O5S2/c1-3-31-21(28)26-33(29)15-8-6-14(7-9-15)24-20-23-13-16(17-5-4-12-32-17)19(25-20)22-11-10-18(27)30-2/h4-9,12-13,33H,3,10-11H2,1-2H3,(H2,22,23,24,25). The summed E-state index contributed by atoms with van der Waals surface area (Å²) in [6.45, 7) is 2.17. The van der Waals surface area contributed by atoms with E-state index in [0.29, 0.717) is 28.9 Å². The quantitative estimate of drug-likeness (QED) is 0.300. The second kappa shape index (κ2) is 11.9. The number of carbonyl (C=O) groups is 2. The fourth-order valence-electron chi connectivity index (χ4n) is 2.66. The summed E-state index contributed by atoms with van der Waals surface area (Å²) in [4.78, 5) is 33.1. The first kappa shape index (κ1) is 24.1. The highest BCUT2D eigenvalue weighted by molar-refractivity contribution is 7.75. The molecule has 3 aromatic rings. The molecule has 0 saturated carbocycles. The van der Waals surface area contributed by atoms with Crippen molar-refractivity contribution in [2.75, 3.05) is 30.9 Å². The van der Waals surface area contributed by atoms with E-state index in [9.17, 15) is 13.8 Å². The highest BCUT2D eigenvalue weighted by Crippen LogP contribution is 2.31. The smallest absolute Gasteiger partial charge is 0.441 e. The molecular weight excluding hydrogens is 466 g/mol. The molecule has 2 heterocycles. The Labute approximate surface area is 196 Å². The topological polar surface area (TPSA) is 132 Å². The second-order valence-corrected chi connectivity index (χ2v) is 8.64. The van der Waals surface area contributed by atoms with E-state index in [0.717, 1.165) is 10.4 Å². The Morgan fingerprint density at radius 3 is 2.67 bits per heavy atom. The number of benzene rings is 1. The molecule has 1 amide bonds. The molecule has 0 bridgehead atoms. The number of carbonyl (C=O) groups excluding carboxylic acids is 2. The van der Waals surface area contributed by atoms with E-state index >= 15 is 0 Å². The highest BCUT2D eigenvalue weighted by atomic mass is 32.2. The molecule has 1 aromatic carbocycles. The van der Waals surface area contributed by atoms with Gasteiger partial charge >= 0.3 is 12.1 Å². The summed E-state index contributed by atoms with van der Waals surface area (Å²) in [6, 6.07) is 10.5. The predicted molar refractivity (Wildman–Crippen MR) is 127 cm³/mol. The molecule has 0 aliphatic carbocycles. The molecule has 0 saturated heterocycles. The van der Waals surface area contributed by atoms with Gasteiger partial charge in [-0.2, -0.15) is 4.98 Å². The lowest BCUT2D eigenvalue weighted by Gasteiger charge is -2.12. The lowest BCUT2D eigenvalue weighted by atomic mass is 10.2. The SMILES string of the molecule is CCOC(=O)N=[SH](=O)c1ccc(Nc2ncc(-c3cccs3)c(NCCC(=O)OC)n2)cc1. The van der Waals surface area contributed by atoms with Crippen LogP contribution in [0.2, 0.25) is 0 Å². The van der Waals surface area contributed by atoms with Crippen molar-refractivity contribution in [3.63, 3.8) is 0 Å². The first-order valence-corrected chi connectivity index (χ1v) is 12.0. The van der Waals surface area contributed by atoms with Gasteiger partial charge in [-0.25, -0.2) is 14.0 Å². The van der Waals surface area contributed by atoms with E-state index in [1.54, 1.807) is 48.7 Å². The van der Waals surface area contributed by atoms with E-state index in [1.807, 2.05) is 17.5 Å². The summed E-state index contributed by atoms with van der Waals surface area (Å²) in [5, 5.41) is 8.21. The fraction of sp³-hybridized carbons (Fsp3) is 0.238. The van der Waals surface area contributed by atoms with E-state index in [2.05, 4.69) is 34.4 Å². The Balaban J connectivity index is 1.76. The van der Waals surface area contributed by atoms with Crippen molar-refractivity contribution in [1.29, 1.82) is 0 Å². The van der Waals surface area contributed by atoms with Crippen LogP contribution in [-0.4, -0.2) is 46.5 Å². The summed E-state index contributed by atoms with van der Waals surface area (Å²) in [5.41, 5.74) is 1.47. The third-order valence-electron chi connectivity index (χ3n) is 4.21. The number of nitrogens with zero attached hydrogens (tertiary/aromatic N) is 3. The maximum absolute atomic E-state index is 12.2. The lowest BCUT2D eigenvalue weighted by molar-refractivity contribution is -0.140. The van der Waals surface area contributed by atoms with Gasteiger partial charge in [0.25, 0.3) is 0 Å². The number of amides is 1. The zero-order chi connectivity index (χ0) is 23.6. The van der Waals surface area contributed by atoms with Crippen LogP contribution in [0.3, 0.4) is 0 Å². The van der Waals surface area contributed by atoms with Gasteiger partial charge in [-0.1, -0.05) is 6.07 Å². The molecule has 12 heteroatoms. The van der Waals surface area contributed by atoms with Gasteiger partial charge in [-0.05, 0) is 42.6 Å². The van der Waals surface area contributed by atoms with E-state index in [-0.39, 0.29) is 19.0 Å². The molecule has 2 aromatic heterocycles. The van der Waals surface area contributed by atoms with Crippen LogP contribution in [-0.2, 0) is 24.9 Å². The number of esters is 1. The molecule has 33 heavy (non-hydrogen) atoms. The molecule has 0 radical (unpaired) electrons. The Morgan fingerprint density at radius 2 is 2.00 bits per heavy atom. The maximum atomic E-state index is 12.2. The van der Waals surface area contributed by atoms with Crippen molar-refractivity contribution in [3.05, 3.63) is 48.0 Å². The Kier molecular flexibility index (Phi) is 8.72. The summed E-state index contributed by atoms with van der Waals surface area (Å²) < 4.78 is 25.0. The first-order chi connectivity index (χ1) is 16.0. The van der Waals surface area contributed by atoms with Gasteiger partial charge in [0.1, 0.15) is 5.82 Å². The molecule has 0 aliphatic heterocycles. The van der Waals surface area contributed by atoms with Crippen LogP contribution in [0.15, 0.2) is 57.2 Å². The minimum Gasteiger partial charge on any atom is -0.469 e. The number of anilines is 3. The van der Waals surface area contributed by atoms with Gasteiger partial charge in [0.2, 0.25) is 5.95 Å². The lowest BCUT2D eigenvalue weighted by Crippen LogP contribution is -2.12. The van der Waals surface area contributed by atoms with Gasteiger partial charge in [0.15, 0.2) is 0 Å². The van der Waals surface area contributed by atoms with Crippen LogP contribution in [0.25, 0.3) is 10.4 Å². The number of nitrogens with one attached hydrogen (secondary N) is 2. The average molecular weight is 490 g/mol. The summed E-state index contributed by atoms with van der Waals surface area (Å²) >= 11 is 1.55. The van der Waals surface area contributed by atoms with E-state index in [1.165, 1.54) is 7.11 Å². The Morgan fingerprint density at radius 1 is 1.21 bits per heavy atom. The number of rotatable bonds is 9. The zero-order valence-electron chi connectivity index (χ0n) is 18.0. The van der Waals surface area contributed by atoms with Crippen molar-refractivity contribution in [1.82, 2.24) is 9.97 Å². The highest BCUT2D eigenvalue weighted by Gasteiger charge is 2.12. The number of hydrogen-bond acceptors (Lipinski definition) is 10. The number of thiophene rings is 1. The summed E-state index contributed by atoms with van der Waals surface area (Å²) in [6.07, 6.45) is 1.04. The third kappa shape index (κ3) is 6.99. The summed E-state index contributed by atoms with van der Waals surface area (Å²) in [7, 11) is -0.902. The normalized spacial score (nSPS) is 11.6. The van der Waals surface area contributed by atoms with Gasteiger partial charge in [-0.3, -0.25) is 4.79 Å².